The molecular formula is C21H22O5. The predicted octanol–water partition coefficient (Wildman–Crippen LogP) is 4.31. The van der Waals surface area contributed by atoms with Crippen molar-refractivity contribution >= 4 is 17.8 Å². The van der Waals surface area contributed by atoms with Crippen LogP contribution in [-0.4, -0.2) is 25.0 Å². The molecule has 0 saturated carbocycles. The summed E-state index contributed by atoms with van der Waals surface area (Å²) < 4.78 is 16.3. The first-order valence-electron chi connectivity index (χ1n) is 8.44. The van der Waals surface area contributed by atoms with Gasteiger partial charge in [0.15, 0.2) is 17.3 Å². The summed E-state index contributed by atoms with van der Waals surface area (Å²) in [5.74, 6) is 1.13. The van der Waals surface area contributed by atoms with Crippen LogP contribution in [0.1, 0.15) is 36.7 Å². The van der Waals surface area contributed by atoms with E-state index in [1.54, 1.807) is 42.5 Å². The fraction of sp³-hybridized carbons (Fsp3) is 0.238. The van der Waals surface area contributed by atoms with Crippen molar-refractivity contribution in [3.05, 3.63) is 59.7 Å². The monoisotopic (exact) mass is 354 g/mol. The average molecular weight is 354 g/mol. The second-order valence-corrected chi connectivity index (χ2v) is 5.41. The summed E-state index contributed by atoms with van der Waals surface area (Å²) >= 11 is 0. The van der Waals surface area contributed by atoms with E-state index in [4.69, 9.17) is 14.2 Å². The van der Waals surface area contributed by atoms with E-state index < -0.39 is 5.97 Å². The Labute approximate surface area is 153 Å². The summed E-state index contributed by atoms with van der Waals surface area (Å²) in [4.78, 5) is 23.2. The van der Waals surface area contributed by atoms with Crippen LogP contribution in [-0.2, 0) is 4.79 Å². The van der Waals surface area contributed by atoms with Gasteiger partial charge in [0.2, 0.25) is 0 Å². The molecule has 0 amide bonds. The van der Waals surface area contributed by atoms with E-state index >= 15 is 0 Å². The topological polar surface area (TPSA) is 61.8 Å². The highest BCUT2D eigenvalue weighted by Crippen LogP contribution is 2.29. The Balaban J connectivity index is 2.04. The fourth-order valence-corrected chi connectivity index (χ4v) is 2.24. The molecule has 26 heavy (non-hydrogen) atoms. The molecule has 0 aromatic heterocycles. The van der Waals surface area contributed by atoms with Crippen molar-refractivity contribution in [2.75, 3.05) is 13.2 Å². The van der Waals surface area contributed by atoms with Crippen LogP contribution >= 0.6 is 0 Å². The zero-order valence-corrected chi connectivity index (χ0v) is 15.2. The fourth-order valence-electron chi connectivity index (χ4n) is 2.24. The third-order valence-electron chi connectivity index (χ3n) is 3.46. The van der Waals surface area contributed by atoms with Crippen molar-refractivity contribution in [1.29, 1.82) is 0 Å². The normalized spacial score (nSPS) is 10.6. The number of Topliss-reactive ketones (excluding diaryl/α,β-unsaturated/α-hetero) is 1. The minimum Gasteiger partial charge on any atom is -0.490 e. The van der Waals surface area contributed by atoms with Crippen LogP contribution in [0.15, 0.2) is 48.5 Å². The maximum Gasteiger partial charge on any atom is 0.336 e. The molecule has 2 aromatic carbocycles. The molecule has 0 N–H and O–H groups in total. The number of benzene rings is 2. The third-order valence-corrected chi connectivity index (χ3v) is 3.46. The molecule has 0 aliphatic heterocycles. The van der Waals surface area contributed by atoms with E-state index in [-0.39, 0.29) is 5.78 Å². The number of hydrogen-bond donors (Lipinski definition) is 0. The smallest absolute Gasteiger partial charge is 0.336 e. The Morgan fingerprint density at radius 1 is 0.923 bits per heavy atom. The Morgan fingerprint density at radius 3 is 2.19 bits per heavy atom. The molecule has 0 aliphatic carbocycles. The van der Waals surface area contributed by atoms with Gasteiger partial charge in [-0.15, -0.1) is 0 Å². The van der Waals surface area contributed by atoms with E-state index in [1.165, 1.54) is 13.0 Å². The number of hydrogen-bond acceptors (Lipinski definition) is 5. The lowest BCUT2D eigenvalue weighted by Crippen LogP contribution is -2.04. The Morgan fingerprint density at radius 2 is 1.58 bits per heavy atom. The minimum absolute atomic E-state index is 0.0385. The van der Waals surface area contributed by atoms with Gasteiger partial charge in [-0.2, -0.15) is 0 Å². The highest BCUT2D eigenvalue weighted by molar-refractivity contribution is 5.94. The van der Waals surface area contributed by atoms with Crippen LogP contribution in [0, 0.1) is 0 Å². The number of carbonyl (C=O) groups is 2. The van der Waals surface area contributed by atoms with Crippen LogP contribution in [0.2, 0.25) is 0 Å². The zero-order valence-electron chi connectivity index (χ0n) is 15.2. The van der Waals surface area contributed by atoms with E-state index in [2.05, 4.69) is 0 Å². The van der Waals surface area contributed by atoms with Gasteiger partial charge in [0.25, 0.3) is 0 Å². The van der Waals surface area contributed by atoms with E-state index in [0.29, 0.717) is 36.0 Å². The van der Waals surface area contributed by atoms with Gasteiger partial charge in [-0.25, -0.2) is 4.79 Å². The summed E-state index contributed by atoms with van der Waals surface area (Å²) in [6.07, 6.45) is 2.98. The standard InChI is InChI=1S/C21H22O5/c1-4-24-19-12-6-16(14-20(19)25-5-2)7-13-21(23)26-18-10-8-17(9-11-18)15(3)22/h6-14H,4-5H2,1-3H3/b13-7+. The molecule has 0 radical (unpaired) electrons. The van der Waals surface area contributed by atoms with Crippen LogP contribution in [0.3, 0.4) is 0 Å². The van der Waals surface area contributed by atoms with Crippen molar-refractivity contribution in [3.63, 3.8) is 0 Å². The van der Waals surface area contributed by atoms with Crippen LogP contribution in [0.5, 0.6) is 17.2 Å². The lowest BCUT2D eigenvalue weighted by atomic mass is 10.1. The maximum absolute atomic E-state index is 12.0. The molecule has 0 aliphatic rings. The van der Waals surface area contributed by atoms with Crippen molar-refractivity contribution < 1.29 is 23.8 Å². The molecule has 0 spiro atoms. The molecular weight excluding hydrogens is 332 g/mol. The second-order valence-electron chi connectivity index (χ2n) is 5.41. The first-order valence-corrected chi connectivity index (χ1v) is 8.44. The van der Waals surface area contributed by atoms with Crippen LogP contribution in [0.25, 0.3) is 6.08 Å². The Kier molecular flexibility index (Phi) is 6.97. The summed E-state index contributed by atoms with van der Waals surface area (Å²) in [7, 11) is 0. The molecule has 2 aromatic rings. The summed E-state index contributed by atoms with van der Waals surface area (Å²) in [6, 6.07) is 11.9. The molecule has 0 saturated heterocycles. The molecule has 5 nitrogen and oxygen atoms in total. The molecule has 5 heteroatoms. The molecule has 0 bridgehead atoms. The molecule has 0 fully saturated rings. The molecule has 0 unspecified atom stereocenters. The van der Waals surface area contributed by atoms with Gasteiger partial charge >= 0.3 is 5.97 Å². The van der Waals surface area contributed by atoms with Crippen molar-refractivity contribution in [2.45, 2.75) is 20.8 Å². The quantitative estimate of drug-likeness (QED) is 0.306. The van der Waals surface area contributed by atoms with Gasteiger partial charge in [-0.3, -0.25) is 4.79 Å². The lowest BCUT2D eigenvalue weighted by molar-refractivity contribution is -0.128. The van der Waals surface area contributed by atoms with Gasteiger partial charge in [-0.05, 0) is 68.8 Å². The molecule has 136 valence electrons. The number of ether oxygens (including phenoxy) is 3. The van der Waals surface area contributed by atoms with Gasteiger partial charge in [0.1, 0.15) is 5.75 Å². The number of ketones is 1. The Bertz CT molecular complexity index is 791. The van der Waals surface area contributed by atoms with E-state index in [1.807, 2.05) is 19.9 Å². The van der Waals surface area contributed by atoms with E-state index in [9.17, 15) is 9.59 Å². The summed E-state index contributed by atoms with van der Waals surface area (Å²) in [5.41, 5.74) is 1.36. The number of esters is 1. The molecule has 2 rings (SSSR count). The van der Waals surface area contributed by atoms with Gasteiger partial charge < -0.3 is 14.2 Å². The third kappa shape index (κ3) is 5.48. The van der Waals surface area contributed by atoms with E-state index in [0.717, 1.165) is 5.56 Å². The maximum atomic E-state index is 12.0. The number of rotatable bonds is 8. The first-order chi connectivity index (χ1) is 12.5. The largest absolute Gasteiger partial charge is 0.490 e. The SMILES string of the molecule is CCOc1ccc(/C=C/C(=O)Oc2ccc(C(C)=O)cc2)cc1OCC. The van der Waals surface area contributed by atoms with Crippen molar-refractivity contribution in [3.8, 4) is 17.2 Å². The van der Waals surface area contributed by atoms with Crippen LogP contribution < -0.4 is 14.2 Å². The van der Waals surface area contributed by atoms with Crippen molar-refractivity contribution in [2.24, 2.45) is 0 Å². The number of carbonyl (C=O) groups excluding carboxylic acids is 2. The highest BCUT2D eigenvalue weighted by atomic mass is 16.5. The van der Waals surface area contributed by atoms with Gasteiger partial charge in [0.05, 0.1) is 13.2 Å². The highest BCUT2D eigenvalue weighted by Gasteiger charge is 2.06. The molecule has 0 atom stereocenters. The molecule has 0 heterocycles. The van der Waals surface area contributed by atoms with Gasteiger partial charge in [0, 0.05) is 11.6 Å². The minimum atomic E-state index is -0.507. The lowest BCUT2D eigenvalue weighted by Gasteiger charge is -2.11. The predicted molar refractivity (Wildman–Crippen MR) is 99.9 cm³/mol. The Hall–Kier alpha value is -3.08. The second kappa shape index (κ2) is 9.42. The average Bonchev–Trinajstić information content (AvgIpc) is 2.62. The van der Waals surface area contributed by atoms with Gasteiger partial charge in [-0.1, -0.05) is 6.07 Å². The van der Waals surface area contributed by atoms with Crippen molar-refractivity contribution in [1.82, 2.24) is 0 Å². The first kappa shape index (κ1) is 19.2. The van der Waals surface area contributed by atoms with Crippen LogP contribution in [0.4, 0.5) is 0 Å². The summed E-state index contributed by atoms with van der Waals surface area (Å²) in [5, 5.41) is 0. The summed E-state index contributed by atoms with van der Waals surface area (Å²) in [6.45, 7) is 6.35. The zero-order chi connectivity index (χ0) is 18.9.